The molecule has 0 radical (unpaired) electrons. The predicted octanol–water partition coefficient (Wildman–Crippen LogP) is 1.98. The number of benzene rings is 1. The van der Waals surface area contributed by atoms with E-state index < -0.39 is 6.61 Å². The van der Waals surface area contributed by atoms with Crippen molar-refractivity contribution in [2.24, 2.45) is 4.99 Å². The Hall–Kier alpha value is -3.50. The van der Waals surface area contributed by atoms with Gasteiger partial charge < -0.3 is 34.6 Å². The number of hydrogen-bond donors (Lipinski definition) is 3. The molecule has 0 fully saturated rings. The number of guanidine groups is 1. The number of rotatable bonds is 9. The minimum Gasteiger partial charge on any atom is -0.467 e. The number of nitrogens with one attached hydrogen (secondary N) is 3. The first-order chi connectivity index (χ1) is 14.5. The van der Waals surface area contributed by atoms with Crippen molar-refractivity contribution in [2.75, 3.05) is 19.9 Å². The second-order valence-electron chi connectivity index (χ2n) is 6.10. The molecule has 1 aromatic carbocycles. The molecule has 3 rings (SSSR count). The van der Waals surface area contributed by atoms with Crippen LogP contribution in [0.3, 0.4) is 0 Å². The topological polar surface area (TPSA) is 106 Å². The molecule has 0 bridgehead atoms. The lowest BCUT2D eigenvalue weighted by atomic mass is 10.1. The first-order valence-electron chi connectivity index (χ1n) is 9.23. The average Bonchev–Trinajstić information content (AvgIpc) is 3.39. The fourth-order valence-electron chi connectivity index (χ4n) is 2.63. The van der Waals surface area contributed by atoms with E-state index in [2.05, 4.69) is 25.7 Å². The van der Waals surface area contributed by atoms with Gasteiger partial charge in [-0.15, -0.1) is 0 Å². The van der Waals surface area contributed by atoms with Gasteiger partial charge in [-0.3, -0.25) is 4.79 Å². The maximum absolute atomic E-state index is 12.8. The highest BCUT2D eigenvalue weighted by Crippen LogP contribution is 2.39. The molecular formula is C19H22F2N4O5. The van der Waals surface area contributed by atoms with Gasteiger partial charge in [0.15, 0.2) is 17.5 Å². The smallest absolute Gasteiger partial charge is 0.387 e. The Labute approximate surface area is 171 Å². The highest BCUT2D eigenvalue weighted by molar-refractivity contribution is 5.86. The van der Waals surface area contributed by atoms with Crippen LogP contribution < -0.4 is 30.2 Å². The molecule has 162 valence electrons. The van der Waals surface area contributed by atoms with Crippen LogP contribution in [0.1, 0.15) is 18.2 Å². The van der Waals surface area contributed by atoms with Gasteiger partial charge in [-0.2, -0.15) is 8.78 Å². The zero-order chi connectivity index (χ0) is 21.3. The van der Waals surface area contributed by atoms with Crippen LogP contribution >= 0.6 is 0 Å². The van der Waals surface area contributed by atoms with Crippen molar-refractivity contribution in [3.63, 3.8) is 0 Å². The Morgan fingerprint density at radius 1 is 1.23 bits per heavy atom. The summed E-state index contributed by atoms with van der Waals surface area (Å²) in [4.78, 5) is 16.3. The summed E-state index contributed by atoms with van der Waals surface area (Å²) < 4.78 is 45.7. The summed E-state index contributed by atoms with van der Waals surface area (Å²) in [5.74, 6) is 1.42. The van der Waals surface area contributed by atoms with Crippen LogP contribution in [0.25, 0.3) is 0 Å². The van der Waals surface area contributed by atoms with Gasteiger partial charge in [0, 0.05) is 18.2 Å². The van der Waals surface area contributed by atoms with Gasteiger partial charge >= 0.3 is 6.61 Å². The fraction of sp³-hybridized carbons (Fsp3) is 0.368. The number of alkyl halides is 2. The number of amides is 1. The van der Waals surface area contributed by atoms with E-state index in [1.807, 2.05) is 6.92 Å². The Balaban J connectivity index is 1.61. The second kappa shape index (κ2) is 10.3. The van der Waals surface area contributed by atoms with E-state index in [0.717, 1.165) is 0 Å². The van der Waals surface area contributed by atoms with Crippen molar-refractivity contribution in [1.82, 2.24) is 16.0 Å². The molecule has 0 saturated carbocycles. The number of furan rings is 1. The fourth-order valence-corrected chi connectivity index (χ4v) is 2.63. The van der Waals surface area contributed by atoms with E-state index in [4.69, 9.17) is 13.9 Å². The molecule has 0 atom stereocenters. The lowest BCUT2D eigenvalue weighted by molar-refractivity contribution is -0.120. The first kappa shape index (κ1) is 21.2. The summed E-state index contributed by atoms with van der Waals surface area (Å²) in [5, 5.41) is 8.57. The van der Waals surface area contributed by atoms with Gasteiger partial charge in [-0.25, -0.2) is 4.99 Å². The Morgan fingerprint density at radius 3 is 2.73 bits per heavy atom. The van der Waals surface area contributed by atoms with Crippen LogP contribution in [0.5, 0.6) is 17.2 Å². The Morgan fingerprint density at radius 2 is 2.03 bits per heavy atom. The molecule has 1 amide bonds. The van der Waals surface area contributed by atoms with Crippen LogP contribution in [0.15, 0.2) is 39.9 Å². The number of ether oxygens (including phenoxy) is 3. The minimum absolute atomic E-state index is 0.00743. The standard InChI is InChI=1S/C19H22F2N4O5/c1-2-22-19(25-10-17(26)23-9-13-4-3-5-27-13)24-8-12-6-15-16(29-11-28-15)7-14(12)30-18(20)21/h3-7,18H,2,8-11H2,1H3,(H,23,26)(H2,22,24,25). The van der Waals surface area contributed by atoms with Crippen molar-refractivity contribution in [1.29, 1.82) is 0 Å². The molecule has 0 saturated heterocycles. The van der Waals surface area contributed by atoms with Crippen LogP contribution in [-0.2, 0) is 17.9 Å². The van der Waals surface area contributed by atoms with E-state index in [-0.39, 0.29) is 38.1 Å². The number of halogens is 2. The summed E-state index contributed by atoms with van der Waals surface area (Å²) in [6.45, 7) is -0.324. The number of hydrogen-bond acceptors (Lipinski definition) is 6. The van der Waals surface area contributed by atoms with Gasteiger partial charge in [-0.05, 0) is 25.1 Å². The average molecular weight is 424 g/mol. The van der Waals surface area contributed by atoms with Gasteiger partial charge in [0.25, 0.3) is 0 Å². The molecule has 0 unspecified atom stereocenters. The number of carbonyl (C=O) groups is 1. The quantitative estimate of drug-likeness (QED) is 0.418. The maximum Gasteiger partial charge on any atom is 0.387 e. The van der Waals surface area contributed by atoms with E-state index >= 15 is 0 Å². The number of fused-ring (bicyclic) bond motifs is 1. The highest BCUT2D eigenvalue weighted by Gasteiger charge is 2.20. The molecule has 1 aliphatic rings. The summed E-state index contributed by atoms with van der Waals surface area (Å²) in [7, 11) is 0. The number of carbonyl (C=O) groups excluding carboxylic acids is 1. The molecule has 3 N–H and O–H groups in total. The largest absolute Gasteiger partial charge is 0.467 e. The van der Waals surface area contributed by atoms with Crippen molar-refractivity contribution in [2.45, 2.75) is 26.6 Å². The van der Waals surface area contributed by atoms with E-state index in [0.29, 0.717) is 35.3 Å². The third-order valence-corrected chi connectivity index (χ3v) is 3.98. The summed E-state index contributed by atoms with van der Waals surface area (Å²) in [6, 6.07) is 6.38. The first-order valence-corrected chi connectivity index (χ1v) is 9.23. The second-order valence-corrected chi connectivity index (χ2v) is 6.10. The molecule has 0 spiro atoms. The molecule has 30 heavy (non-hydrogen) atoms. The highest BCUT2D eigenvalue weighted by atomic mass is 19.3. The Kier molecular flexibility index (Phi) is 7.30. The van der Waals surface area contributed by atoms with Crippen molar-refractivity contribution >= 4 is 11.9 Å². The molecule has 2 aromatic rings. The predicted molar refractivity (Wildman–Crippen MR) is 103 cm³/mol. The minimum atomic E-state index is -2.99. The monoisotopic (exact) mass is 424 g/mol. The lowest BCUT2D eigenvalue weighted by Gasteiger charge is -2.13. The molecule has 1 aromatic heterocycles. The van der Waals surface area contributed by atoms with Crippen LogP contribution in [-0.4, -0.2) is 38.4 Å². The number of nitrogens with zero attached hydrogens (tertiary/aromatic N) is 1. The van der Waals surface area contributed by atoms with E-state index in [1.54, 1.807) is 18.2 Å². The molecule has 1 aliphatic heterocycles. The van der Waals surface area contributed by atoms with Crippen LogP contribution in [0.4, 0.5) is 8.78 Å². The van der Waals surface area contributed by atoms with Gasteiger partial charge in [0.2, 0.25) is 12.7 Å². The summed E-state index contributed by atoms with van der Waals surface area (Å²) in [5.41, 5.74) is 0.388. The van der Waals surface area contributed by atoms with Gasteiger partial charge in [0.05, 0.1) is 25.9 Å². The van der Waals surface area contributed by atoms with Crippen molar-refractivity contribution in [3.8, 4) is 17.2 Å². The van der Waals surface area contributed by atoms with Crippen molar-refractivity contribution in [3.05, 3.63) is 41.9 Å². The Bertz CT molecular complexity index is 874. The maximum atomic E-state index is 12.8. The summed E-state index contributed by atoms with van der Waals surface area (Å²) >= 11 is 0. The van der Waals surface area contributed by atoms with Crippen LogP contribution in [0.2, 0.25) is 0 Å². The molecule has 2 heterocycles. The third kappa shape index (κ3) is 6.00. The molecule has 9 nitrogen and oxygen atoms in total. The normalized spacial score (nSPS) is 12.7. The van der Waals surface area contributed by atoms with Crippen LogP contribution in [0, 0.1) is 0 Å². The lowest BCUT2D eigenvalue weighted by Crippen LogP contribution is -2.43. The zero-order valence-corrected chi connectivity index (χ0v) is 16.2. The number of aliphatic imine (C=N–C) groups is 1. The summed E-state index contributed by atoms with van der Waals surface area (Å²) in [6.07, 6.45) is 1.53. The van der Waals surface area contributed by atoms with Crippen molar-refractivity contribution < 1.29 is 32.2 Å². The molecule has 11 heteroatoms. The molecule has 0 aliphatic carbocycles. The third-order valence-electron chi connectivity index (χ3n) is 3.98. The van der Waals surface area contributed by atoms with E-state index in [1.165, 1.54) is 12.3 Å². The zero-order valence-electron chi connectivity index (χ0n) is 16.2. The SMILES string of the molecule is CCNC(=NCc1cc2c(cc1OC(F)F)OCO2)NCC(=O)NCc1ccco1. The van der Waals surface area contributed by atoms with Gasteiger partial charge in [0.1, 0.15) is 11.5 Å². The van der Waals surface area contributed by atoms with E-state index in [9.17, 15) is 13.6 Å². The van der Waals surface area contributed by atoms with Gasteiger partial charge in [-0.1, -0.05) is 0 Å². The molecular weight excluding hydrogens is 402 g/mol.